The number of hydrogen-bond donors (Lipinski definition) is 2. The van der Waals surface area contributed by atoms with Crippen LogP contribution < -0.4 is 10.6 Å². The van der Waals surface area contributed by atoms with Crippen LogP contribution in [0, 0.1) is 6.92 Å². The topological polar surface area (TPSA) is 87.7 Å². The summed E-state index contributed by atoms with van der Waals surface area (Å²) in [6.07, 6.45) is 2.03. The van der Waals surface area contributed by atoms with Gasteiger partial charge in [0, 0.05) is 19.0 Å². The number of alkyl carbamates (subject to hydrolysis) is 1. The number of carbonyl (C=O) groups is 3. The highest BCUT2D eigenvalue weighted by Crippen LogP contribution is 2.29. The number of nitrogens with zero attached hydrogens (tertiary/aromatic N) is 1. The van der Waals surface area contributed by atoms with E-state index in [2.05, 4.69) is 17.6 Å². The largest absolute Gasteiger partial charge is 0.444 e. The summed E-state index contributed by atoms with van der Waals surface area (Å²) in [7, 11) is 0. The number of nitrogens with one attached hydrogen (secondary N) is 2. The molecule has 0 aromatic heterocycles. The fourth-order valence-electron chi connectivity index (χ4n) is 4.27. The third kappa shape index (κ3) is 9.19. The first kappa shape index (κ1) is 30.9. The van der Waals surface area contributed by atoms with E-state index in [1.807, 2.05) is 75.4 Å². The van der Waals surface area contributed by atoms with Crippen LogP contribution >= 0.6 is 0 Å². The Morgan fingerprint density at radius 2 is 1.61 bits per heavy atom. The van der Waals surface area contributed by atoms with Crippen molar-refractivity contribution in [1.29, 1.82) is 0 Å². The molecule has 208 valence electrons. The molecule has 0 aliphatic heterocycles. The molecule has 0 radical (unpaired) electrons. The average Bonchev–Trinajstić information content (AvgIpc) is 2.86. The maximum Gasteiger partial charge on any atom is 0.408 e. The lowest BCUT2D eigenvalue weighted by Gasteiger charge is -2.38. The van der Waals surface area contributed by atoms with Crippen molar-refractivity contribution in [2.75, 3.05) is 6.54 Å². The van der Waals surface area contributed by atoms with Crippen LogP contribution in [-0.4, -0.2) is 47.0 Å². The van der Waals surface area contributed by atoms with Crippen LogP contribution in [0.2, 0.25) is 0 Å². The molecule has 0 aliphatic carbocycles. The highest BCUT2D eigenvalue weighted by Gasteiger charge is 2.39. The van der Waals surface area contributed by atoms with Crippen LogP contribution in [0.15, 0.2) is 54.6 Å². The van der Waals surface area contributed by atoms with Crippen molar-refractivity contribution in [3.63, 3.8) is 0 Å². The summed E-state index contributed by atoms with van der Waals surface area (Å²) in [6, 6.07) is 15.2. The second kappa shape index (κ2) is 14.6. The van der Waals surface area contributed by atoms with E-state index in [1.165, 1.54) is 0 Å². The van der Waals surface area contributed by atoms with Crippen molar-refractivity contribution in [2.24, 2.45) is 0 Å². The van der Waals surface area contributed by atoms with Gasteiger partial charge in [-0.1, -0.05) is 74.9 Å². The smallest absolute Gasteiger partial charge is 0.408 e. The number of benzene rings is 2. The second-order valence-electron chi connectivity index (χ2n) is 10.8. The van der Waals surface area contributed by atoms with Crippen molar-refractivity contribution in [3.8, 4) is 0 Å². The maximum atomic E-state index is 14.4. The number of carbonyl (C=O) groups excluding carboxylic acids is 3. The van der Waals surface area contributed by atoms with Crippen LogP contribution in [0.1, 0.15) is 83.5 Å². The minimum Gasteiger partial charge on any atom is -0.444 e. The minimum atomic E-state index is -0.920. The summed E-state index contributed by atoms with van der Waals surface area (Å²) in [5, 5.41) is 5.85. The normalized spacial score (nSPS) is 13.7. The Kier molecular flexibility index (Phi) is 11.8. The van der Waals surface area contributed by atoms with Gasteiger partial charge < -0.3 is 20.3 Å². The van der Waals surface area contributed by atoms with Crippen LogP contribution in [0.25, 0.3) is 0 Å². The Balaban J connectivity index is 2.55. The lowest BCUT2D eigenvalue weighted by Crippen LogP contribution is -2.56. The number of hydrogen-bond acceptors (Lipinski definition) is 4. The Bertz CT molecular complexity index is 1050. The zero-order valence-corrected chi connectivity index (χ0v) is 24.0. The van der Waals surface area contributed by atoms with Crippen LogP contribution in [0.4, 0.5) is 4.79 Å². The number of unbranched alkanes of at least 4 members (excludes halogenated alkanes) is 1. The van der Waals surface area contributed by atoms with E-state index < -0.39 is 23.8 Å². The molecule has 2 N–H and O–H groups in total. The molecular formula is C31H45N3O4. The van der Waals surface area contributed by atoms with Crippen molar-refractivity contribution in [2.45, 2.75) is 97.9 Å². The van der Waals surface area contributed by atoms with Gasteiger partial charge >= 0.3 is 6.09 Å². The molecule has 0 saturated carbocycles. The molecule has 0 heterocycles. The first-order valence-electron chi connectivity index (χ1n) is 13.7. The number of ether oxygens (including phenoxy) is 1. The molecule has 0 spiro atoms. The van der Waals surface area contributed by atoms with Gasteiger partial charge in [0.2, 0.25) is 11.8 Å². The zero-order chi connectivity index (χ0) is 28.3. The summed E-state index contributed by atoms with van der Waals surface area (Å²) in [4.78, 5) is 42.6. The summed E-state index contributed by atoms with van der Waals surface area (Å²) in [6.45, 7) is 13.8. The molecule has 7 heteroatoms. The maximum absolute atomic E-state index is 14.4. The summed E-state index contributed by atoms with van der Waals surface area (Å²) < 4.78 is 5.50. The highest BCUT2D eigenvalue weighted by molar-refractivity contribution is 5.92. The lowest BCUT2D eigenvalue weighted by molar-refractivity contribution is -0.145. The van der Waals surface area contributed by atoms with E-state index in [-0.39, 0.29) is 24.3 Å². The van der Waals surface area contributed by atoms with E-state index >= 15 is 0 Å². The molecule has 0 bridgehead atoms. The van der Waals surface area contributed by atoms with E-state index in [4.69, 9.17) is 4.74 Å². The van der Waals surface area contributed by atoms with E-state index in [9.17, 15) is 14.4 Å². The van der Waals surface area contributed by atoms with Crippen LogP contribution in [0.3, 0.4) is 0 Å². The van der Waals surface area contributed by atoms with Gasteiger partial charge in [0.1, 0.15) is 17.7 Å². The van der Waals surface area contributed by atoms with Gasteiger partial charge in [0.15, 0.2) is 0 Å². The molecule has 7 nitrogen and oxygen atoms in total. The van der Waals surface area contributed by atoms with Crippen molar-refractivity contribution < 1.29 is 19.1 Å². The van der Waals surface area contributed by atoms with E-state index in [0.29, 0.717) is 13.0 Å². The lowest BCUT2D eigenvalue weighted by atomic mass is 9.95. The summed E-state index contributed by atoms with van der Waals surface area (Å²) >= 11 is 0. The van der Waals surface area contributed by atoms with Gasteiger partial charge in [-0.25, -0.2) is 4.79 Å². The zero-order valence-electron chi connectivity index (χ0n) is 24.0. The molecule has 0 saturated heterocycles. The number of amides is 3. The second-order valence-corrected chi connectivity index (χ2v) is 10.8. The predicted octanol–water partition coefficient (Wildman–Crippen LogP) is 5.72. The van der Waals surface area contributed by atoms with E-state index in [0.717, 1.165) is 29.5 Å². The third-order valence-corrected chi connectivity index (χ3v) is 6.43. The highest BCUT2D eigenvalue weighted by atomic mass is 16.6. The van der Waals surface area contributed by atoms with Gasteiger partial charge in [-0.15, -0.1) is 0 Å². The Hall–Kier alpha value is -3.35. The SMILES string of the molecule is CCCCNC(=O)C(c1ccccc1C)N(C(=O)C(Cc1ccccc1)NC(=O)OC(C)(C)C)C(C)CC. The molecule has 3 atom stereocenters. The van der Waals surface area contributed by atoms with Gasteiger partial charge in [-0.05, 0) is 64.2 Å². The standard InChI is InChI=1S/C31H45N3O4/c1-8-10-20-32-28(35)27(25-19-15-14-16-22(25)3)34(23(4)9-2)29(36)26(21-24-17-12-11-13-18-24)33-30(37)38-31(5,6)7/h11-19,23,26-27H,8-10,20-21H2,1-7H3,(H,32,35)(H,33,37). The first-order chi connectivity index (χ1) is 18.0. The van der Waals surface area contributed by atoms with Crippen molar-refractivity contribution in [3.05, 3.63) is 71.3 Å². The summed E-state index contributed by atoms with van der Waals surface area (Å²) in [5.41, 5.74) is 1.87. The summed E-state index contributed by atoms with van der Waals surface area (Å²) in [5.74, 6) is -0.551. The van der Waals surface area contributed by atoms with Gasteiger partial charge in [0.25, 0.3) is 0 Å². The van der Waals surface area contributed by atoms with Gasteiger partial charge in [-0.2, -0.15) is 0 Å². The molecule has 3 unspecified atom stereocenters. The van der Waals surface area contributed by atoms with Gasteiger partial charge in [0.05, 0.1) is 0 Å². The molecule has 2 aromatic carbocycles. The predicted molar refractivity (Wildman–Crippen MR) is 152 cm³/mol. The van der Waals surface area contributed by atoms with Crippen LogP contribution in [-0.2, 0) is 20.7 Å². The fourth-order valence-corrected chi connectivity index (χ4v) is 4.27. The minimum absolute atomic E-state index is 0.225. The molecule has 2 rings (SSSR count). The van der Waals surface area contributed by atoms with Crippen molar-refractivity contribution >= 4 is 17.9 Å². The molecule has 0 aliphatic rings. The monoisotopic (exact) mass is 523 g/mol. The fraction of sp³-hybridized carbons (Fsp3) is 0.516. The third-order valence-electron chi connectivity index (χ3n) is 6.43. The average molecular weight is 524 g/mol. The van der Waals surface area contributed by atoms with E-state index in [1.54, 1.807) is 25.7 Å². The molecular weight excluding hydrogens is 478 g/mol. The number of aryl methyl sites for hydroxylation is 1. The number of rotatable bonds is 12. The van der Waals surface area contributed by atoms with Gasteiger partial charge in [-0.3, -0.25) is 9.59 Å². The van der Waals surface area contributed by atoms with Crippen molar-refractivity contribution in [1.82, 2.24) is 15.5 Å². The van der Waals surface area contributed by atoms with Crippen LogP contribution in [0.5, 0.6) is 0 Å². The molecule has 2 aromatic rings. The molecule has 3 amide bonds. The molecule has 0 fully saturated rings. The first-order valence-corrected chi connectivity index (χ1v) is 13.7. The quantitative estimate of drug-likeness (QED) is 0.349. The Morgan fingerprint density at radius 1 is 0.974 bits per heavy atom. The Morgan fingerprint density at radius 3 is 2.18 bits per heavy atom. The Labute approximate surface area is 228 Å². The molecule has 38 heavy (non-hydrogen) atoms.